The minimum atomic E-state index is -0.979. The first-order chi connectivity index (χ1) is 14.5. The summed E-state index contributed by atoms with van der Waals surface area (Å²) >= 11 is 0. The van der Waals surface area contributed by atoms with E-state index in [0.717, 1.165) is 44.1 Å². The van der Waals surface area contributed by atoms with Gasteiger partial charge in [-0.05, 0) is 67.3 Å². The molecular formula is C25H34O6. The minimum absolute atomic E-state index is 0.0211. The molecule has 4 aliphatic carbocycles. The number of hydrogen-bond donors (Lipinski definition) is 1. The maximum atomic E-state index is 11.8. The molecule has 0 aromatic rings. The Morgan fingerprint density at radius 3 is 2.39 bits per heavy atom. The van der Waals surface area contributed by atoms with Crippen LogP contribution in [0.5, 0.6) is 0 Å². The number of fused-ring (bicyclic) bond motifs is 5. The van der Waals surface area contributed by atoms with E-state index in [4.69, 9.17) is 9.47 Å². The Hall–Kier alpha value is -2.11. The molecule has 1 N–H and O–H groups in total. The topological polar surface area (TPSA) is 89.9 Å². The molecule has 0 radical (unpaired) electrons. The third kappa shape index (κ3) is 3.72. The van der Waals surface area contributed by atoms with Crippen molar-refractivity contribution in [1.82, 2.24) is 0 Å². The van der Waals surface area contributed by atoms with Crippen LogP contribution in [0.15, 0.2) is 23.3 Å². The van der Waals surface area contributed by atoms with Crippen molar-refractivity contribution in [3.05, 3.63) is 23.3 Å². The molecule has 6 nitrogen and oxygen atoms in total. The van der Waals surface area contributed by atoms with Crippen LogP contribution in [-0.4, -0.2) is 35.2 Å². The lowest BCUT2D eigenvalue weighted by atomic mass is 9.48. The quantitative estimate of drug-likeness (QED) is 0.405. The predicted molar refractivity (Wildman–Crippen MR) is 114 cm³/mol. The molecule has 0 spiro atoms. The standard InChI is InChI=1S/C25H34O6/c1-14(26)30-18-7-9-24(3)17(13-18)5-6-19-20(24)8-10-25(4)21(19)11-16(12-22(28)29)23(25)31-15(2)27/h5,12,18-21,23H,6-11,13H2,1-4H3,(H,28,29). The highest BCUT2D eigenvalue weighted by molar-refractivity contribution is 5.81. The Labute approximate surface area is 184 Å². The van der Waals surface area contributed by atoms with Gasteiger partial charge in [0.2, 0.25) is 0 Å². The molecule has 0 bridgehead atoms. The van der Waals surface area contributed by atoms with Crippen molar-refractivity contribution in [3.8, 4) is 0 Å². The molecule has 170 valence electrons. The van der Waals surface area contributed by atoms with Crippen LogP contribution in [-0.2, 0) is 23.9 Å². The summed E-state index contributed by atoms with van der Waals surface area (Å²) in [5.41, 5.74) is 2.03. The van der Waals surface area contributed by atoms with E-state index in [-0.39, 0.29) is 28.9 Å². The molecule has 0 amide bonds. The average Bonchev–Trinajstić information content (AvgIpc) is 2.92. The summed E-state index contributed by atoms with van der Waals surface area (Å²) < 4.78 is 11.2. The molecule has 0 heterocycles. The van der Waals surface area contributed by atoms with Gasteiger partial charge in [0, 0.05) is 31.8 Å². The number of carbonyl (C=O) groups excluding carboxylic acids is 2. The number of rotatable bonds is 3. The smallest absolute Gasteiger partial charge is 0.328 e. The lowest BCUT2D eigenvalue weighted by molar-refractivity contribution is -0.155. The SMILES string of the molecule is CC(=O)OC1CCC2(C)C(=CCC3C2CCC2(C)C(OC(C)=O)C(=CC(=O)O)CC32)C1. The maximum absolute atomic E-state index is 11.8. The molecule has 0 aromatic heterocycles. The molecule has 7 atom stereocenters. The second-order valence-electron chi connectivity index (χ2n) is 10.5. The summed E-state index contributed by atoms with van der Waals surface area (Å²) in [7, 11) is 0. The normalized spacial score (nSPS) is 42.6. The third-order valence-corrected chi connectivity index (χ3v) is 8.81. The zero-order chi connectivity index (χ0) is 22.6. The monoisotopic (exact) mass is 430 g/mol. The predicted octanol–water partition coefficient (Wildman–Crippen LogP) is 4.43. The Kier molecular flexibility index (Phi) is 5.55. The number of carboxylic acids is 1. The fourth-order valence-electron chi connectivity index (χ4n) is 7.47. The molecule has 0 aromatic carbocycles. The van der Waals surface area contributed by atoms with Crippen LogP contribution in [0.25, 0.3) is 0 Å². The number of carbonyl (C=O) groups is 3. The van der Waals surface area contributed by atoms with Gasteiger partial charge in [0.1, 0.15) is 12.2 Å². The summed E-state index contributed by atoms with van der Waals surface area (Å²) in [6, 6.07) is 0. The zero-order valence-electron chi connectivity index (χ0n) is 19.0. The number of allylic oxidation sites excluding steroid dienone is 1. The fraction of sp³-hybridized carbons (Fsp3) is 0.720. The minimum Gasteiger partial charge on any atom is -0.478 e. The Balaban J connectivity index is 1.64. The van der Waals surface area contributed by atoms with Crippen LogP contribution in [0, 0.1) is 28.6 Å². The van der Waals surface area contributed by atoms with Gasteiger partial charge in [0.05, 0.1) is 0 Å². The van der Waals surface area contributed by atoms with Crippen LogP contribution in [0.2, 0.25) is 0 Å². The van der Waals surface area contributed by atoms with Crippen molar-refractivity contribution in [1.29, 1.82) is 0 Å². The van der Waals surface area contributed by atoms with Crippen molar-refractivity contribution < 1.29 is 29.0 Å². The van der Waals surface area contributed by atoms with E-state index < -0.39 is 12.1 Å². The number of aliphatic carboxylic acids is 1. The first-order valence-electron chi connectivity index (χ1n) is 11.5. The second-order valence-corrected chi connectivity index (χ2v) is 10.5. The van der Waals surface area contributed by atoms with Gasteiger partial charge >= 0.3 is 17.9 Å². The molecule has 31 heavy (non-hydrogen) atoms. The van der Waals surface area contributed by atoms with E-state index in [1.165, 1.54) is 25.5 Å². The van der Waals surface area contributed by atoms with Gasteiger partial charge in [0.15, 0.2) is 0 Å². The number of ether oxygens (including phenoxy) is 2. The van der Waals surface area contributed by atoms with Crippen molar-refractivity contribution in [2.75, 3.05) is 0 Å². The van der Waals surface area contributed by atoms with Gasteiger partial charge in [-0.2, -0.15) is 0 Å². The third-order valence-electron chi connectivity index (χ3n) is 8.81. The molecule has 3 fully saturated rings. The van der Waals surface area contributed by atoms with Gasteiger partial charge < -0.3 is 14.6 Å². The van der Waals surface area contributed by atoms with E-state index >= 15 is 0 Å². The summed E-state index contributed by atoms with van der Waals surface area (Å²) in [5.74, 6) is -0.292. The molecule has 4 aliphatic rings. The highest BCUT2D eigenvalue weighted by atomic mass is 16.5. The van der Waals surface area contributed by atoms with Crippen LogP contribution in [0.4, 0.5) is 0 Å². The number of hydrogen-bond acceptors (Lipinski definition) is 5. The molecule has 4 rings (SSSR count). The number of esters is 2. The van der Waals surface area contributed by atoms with Crippen molar-refractivity contribution in [2.24, 2.45) is 28.6 Å². The van der Waals surface area contributed by atoms with E-state index in [9.17, 15) is 19.5 Å². The Morgan fingerprint density at radius 1 is 1.03 bits per heavy atom. The fourth-order valence-corrected chi connectivity index (χ4v) is 7.47. The van der Waals surface area contributed by atoms with Gasteiger partial charge in [-0.25, -0.2) is 4.79 Å². The summed E-state index contributed by atoms with van der Waals surface area (Å²) in [4.78, 5) is 34.7. The van der Waals surface area contributed by atoms with Gasteiger partial charge in [-0.1, -0.05) is 25.5 Å². The zero-order valence-corrected chi connectivity index (χ0v) is 19.0. The summed E-state index contributed by atoms with van der Waals surface area (Å²) in [6.07, 6.45) is 9.47. The lowest BCUT2D eigenvalue weighted by Gasteiger charge is -2.57. The van der Waals surface area contributed by atoms with Crippen LogP contribution >= 0.6 is 0 Å². The van der Waals surface area contributed by atoms with Gasteiger partial charge in [-0.15, -0.1) is 0 Å². The molecular weight excluding hydrogens is 396 g/mol. The Bertz CT molecular complexity index is 856. The van der Waals surface area contributed by atoms with E-state index in [2.05, 4.69) is 19.9 Å². The highest BCUT2D eigenvalue weighted by Gasteiger charge is 2.61. The van der Waals surface area contributed by atoms with Gasteiger partial charge in [0.25, 0.3) is 0 Å². The molecule has 0 saturated heterocycles. The first-order valence-corrected chi connectivity index (χ1v) is 11.5. The summed E-state index contributed by atoms with van der Waals surface area (Å²) in [6.45, 7) is 7.43. The van der Waals surface area contributed by atoms with Crippen molar-refractivity contribution >= 4 is 17.9 Å². The van der Waals surface area contributed by atoms with Crippen LogP contribution in [0.3, 0.4) is 0 Å². The van der Waals surface area contributed by atoms with E-state index in [0.29, 0.717) is 24.2 Å². The highest BCUT2D eigenvalue weighted by Crippen LogP contribution is 2.66. The van der Waals surface area contributed by atoms with Crippen LogP contribution < -0.4 is 0 Å². The summed E-state index contributed by atoms with van der Waals surface area (Å²) in [5, 5.41) is 9.40. The number of carboxylic acid groups (broad SMARTS) is 1. The van der Waals surface area contributed by atoms with E-state index in [1.807, 2.05) is 0 Å². The molecule has 3 saturated carbocycles. The van der Waals surface area contributed by atoms with Crippen molar-refractivity contribution in [2.45, 2.75) is 84.8 Å². The average molecular weight is 431 g/mol. The first kappa shape index (κ1) is 22.1. The molecule has 6 heteroatoms. The largest absolute Gasteiger partial charge is 0.478 e. The molecule has 0 aliphatic heterocycles. The lowest BCUT2D eigenvalue weighted by Crippen LogP contribution is -2.51. The maximum Gasteiger partial charge on any atom is 0.328 e. The van der Waals surface area contributed by atoms with E-state index in [1.54, 1.807) is 0 Å². The molecule has 7 unspecified atom stereocenters. The van der Waals surface area contributed by atoms with Crippen LogP contribution in [0.1, 0.15) is 72.6 Å². The Morgan fingerprint density at radius 2 is 1.74 bits per heavy atom. The van der Waals surface area contributed by atoms with Gasteiger partial charge in [-0.3, -0.25) is 9.59 Å². The second kappa shape index (κ2) is 7.79. The van der Waals surface area contributed by atoms with Crippen molar-refractivity contribution in [3.63, 3.8) is 0 Å².